The van der Waals surface area contributed by atoms with E-state index in [4.69, 9.17) is 4.99 Å². The topological polar surface area (TPSA) is 17.3 Å². The second-order valence-electron chi connectivity index (χ2n) is 10.4. The number of aromatic nitrogens is 1. The molecule has 0 amide bonds. The van der Waals surface area contributed by atoms with Gasteiger partial charge in [0.05, 0.1) is 11.4 Å². The summed E-state index contributed by atoms with van der Waals surface area (Å²) in [7, 11) is 0.672. The molecule has 4 aromatic carbocycles. The molecule has 6 rings (SSSR count). The highest BCUT2D eigenvalue weighted by molar-refractivity contribution is 6.29. The van der Waals surface area contributed by atoms with E-state index in [-0.39, 0.29) is 0 Å². The van der Waals surface area contributed by atoms with Gasteiger partial charge in [0.2, 0.25) is 0 Å². The highest BCUT2D eigenvalue weighted by atomic mass is 19.1. The Morgan fingerprint density at radius 3 is 1.77 bits per heavy atom. The maximum absolute atomic E-state index is 14.8. The van der Waals surface area contributed by atoms with Crippen LogP contribution in [-0.2, 0) is 0 Å². The van der Waals surface area contributed by atoms with Crippen LogP contribution in [0.15, 0.2) is 108 Å². The Balaban J connectivity index is 1.59. The zero-order chi connectivity index (χ0) is 27.1. The molecular formula is C35H29BFN2. The molecule has 1 aromatic heterocycles. The minimum Gasteiger partial charge on any atom is -0.357 e. The van der Waals surface area contributed by atoms with Gasteiger partial charge in [-0.2, -0.15) is 0 Å². The number of hydrogen-bond donors (Lipinski definition) is 0. The van der Waals surface area contributed by atoms with E-state index < -0.39 is 0 Å². The number of halogens is 1. The maximum atomic E-state index is 14.8. The Bertz CT molecular complexity index is 1790. The third-order valence-electron chi connectivity index (χ3n) is 7.41. The number of aryl methyl sites for hydroxylation is 4. The molecule has 0 N–H and O–H groups in total. The van der Waals surface area contributed by atoms with E-state index in [0.29, 0.717) is 7.69 Å². The lowest BCUT2D eigenvalue weighted by atomic mass is 9.99. The number of fused-ring (bicyclic) bond motifs is 1. The lowest BCUT2D eigenvalue weighted by molar-refractivity contribution is 0.835. The predicted octanol–water partition coefficient (Wildman–Crippen LogP) is 8.82. The van der Waals surface area contributed by atoms with Crippen LogP contribution < -0.4 is 0 Å². The lowest BCUT2D eigenvalue weighted by Gasteiger charge is -2.09. The monoisotopic (exact) mass is 507 g/mol. The molecule has 0 bridgehead atoms. The average molecular weight is 507 g/mol. The van der Waals surface area contributed by atoms with Crippen molar-refractivity contribution in [3.8, 4) is 11.3 Å². The molecule has 0 aliphatic carbocycles. The van der Waals surface area contributed by atoms with Crippen LogP contribution in [0, 0.1) is 27.7 Å². The molecule has 2 nitrogen and oxygen atoms in total. The maximum Gasteiger partial charge on any atom is 0.495 e. The molecule has 39 heavy (non-hydrogen) atoms. The fraction of sp³-hybridized carbons (Fsp3) is 0.114. The van der Waals surface area contributed by atoms with Crippen LogP contribution in [0.25, 0.3) is 33.7 Å². The van der Waals surface area contributed by atoms with Gasteiger partial charge in [0, 0.05) is 33.3 Å². The fourth-order valence-corrected chi connectivity index (χ4v) is 5.22. The second kappa shape index (κ2) is 10.0. The van der Waals surface area contributed by atoms with E-state index in [1.54, 1.807) is 4.48 Å². The van der Waals surface area contributed by atoms with Crippen molar-refractivity contribution in [3.05, 3.63) is 142 Å². The van der Waals surface area contributed by atoms with Crippen molar-refractivity contribution in [2.45, 2.75) is 27.7 Å². The number of aliphatic imine (C=N–C) groups is 1. The van der Waals surface area contributed by atoms with Crippen LogP contribution in [-0.4, -0.2) is 17.9 Å². The smallest absolute Gasteiger partial charge is 0.357 e. The Labute approximate surface area is 230 Å². The molecule has 0 saturated heterocycles. The third-order valence-corrected chi connectivity index (χ3v) is 7.41. The summed E-state index contributed by atoms with van der Waals surface area (Å²) in [5.41, 5.74) is 12.2. The molecule has 5 aromatic rings. The predicted molar refractivity (Wildman–Crippen MR) is 164 cm³/mol. The Kier molecular flexibility index (Phi) is 6.40. The van der Waals surface area contributed by atoms with Gasteiger partial charge in [-0.05, 0) is 57.0 Å². The van der Waals surface area contributed by atoms with Gasteiger partial charge in [0.25, 0.3) is 0 Å². The van der Waals surface area contributed by atoms with Crippen molar-refractivity contribution in [1.29, 1.82) is 0 Å². The van der Waals surface area contributed by atoms with E-state index in [9.17, 15) is 4.32 Å². The molecule has 2 heterocycles. The van der Waals surface area contributed by atoms with Crippen LogP contribution in [0.1, 0.15) is 39.1 Å². The van der Waals surface area contributed by atoms with Gasteiger partial charge in [-0.3, -0.25) is 0 Å². The summed E-state index contributed by atoms with van der Waals surface area (Å²) in [5.74, 6) is 0. The third kappa shape index (κ3) is 4.68. The van der Waals surface area contributed by atoms with Crippen molar-refractivity contribution in [2.24, 2.45) is 4.99 Å². The molecule has 0 saturated carbocycles. The molecule has 1 radical (unpaired) electrons. The van der Waals surface area contributed by atoms with Gasteiger partial charge < -0.3 is 8.79 Å². The Morgan fingerprint density at radius 2 is 1.18 bits per heavy atom. The van der Waals surface area contributed by atoms with Gasteiger partial charge in [-0.25, -0.2) is 4.99 Å². The first kappa shape index (κ1) is 24.9. The van der Waals surface area contributed by atoms with E-state index >= 15 is 0 Å². The number of nitrogens with zero attached hydrogens (tertiary/aromatic N) is 2. The SMILES string of the molecule is Cc1ccc(C2=CC(c3ccc(C)cc3)=N/C2=C\c2c3cc(C)ccc3c(-c3ccc(C)cc3)n2[B]F)cc1. The number of allylic oxidation sites excluding steroid dienone is 2. The summed E-state index contributed by atoms with van der Waals surface area (Å²) in [4.78, 5) is 5.10. The summed E-state index contributed by atoms with van der Waals surface area (Å²) in [6.45, 7) is 8.30. The molecule has 189 valence electrons. The molecule has 1 aliphatic heterocycles. The molecule has 0 atom stereocenters. The molecule has 4 heteroatoms. The Morgan fingerprint density at radius 1 is 0.641 bits per heavy atom. The second-order valence-corrected chi connectivity index (χ2v) is 10.4. The number of rotatable bonds is 5. The summed E-state index contributed by atoms with van der Waals surface area (Å²) < 4.78 is 16.5. The highest BCUT2D eigenvalue weighted by Gasteiger charge is 2.22. The van der Waals surface area contributed by atoms with E-state index in [1.807, 2.05) is 6.08 Å². The van der Waals surface area contributed by atoms with Gasteiger partial charge in [0.1, 0.15) is 0 Å². The first-order valence-corrected chi connectivity index (χ1v) is 13.2. The minimum atomic E-state index is 0.672. The van der Waals surface area contributed by atoms with Gasteiger partial charge >= 0.3 is 7.69 Å². The first-order valence-electron chi connectivity index (χ1n) is 13.2. The molecule has 0 unspecified atom stereocenters. The van der Waals surface area contributed by atoms with Crippen LogP contribution in [0.5, 0.6) is 0 Å². The number of benzene rings is 4. The summed E-state index contributed by atoms with van der Waals surface area (Å²) in [6, 6.07) is 31.5. The zero-order valence-corrected chi connectivity index (χ0v) is 22.7. The lowest BCUT2D eigenvalue weighted by Crippen LogP contribution is -2.05. The Hall–Kier alpha value is -4.44. The van der Waals surface area contributed by atoms with Crippen molar-refractivity contribution in [3.63, 3.8) is 0 Å². The summed E-state index contributed by atoms with van der Waals surface area (Å²) >= 11 is 0. The fourth-order valence-electron chi connectivity index (χ4n) is 5.22. The van der Waals surface area contributed by atoms with E-state index in [1.165, 1.54) is 16.7 Å². The average Bonchev–Trinajstić information content (AvgIpc) is 3.49. The summed E-state index contributed by atoms with van der Waals surface area (Å²) in [6.07, 6.45) is 4.17. The van der Waals surface area contributed by atoms with Crippen molar-refractivity contribution >= 4 is 35.8 Å². The van der Waals surface area contributed by atoms with Crippen LogP contribution in [0.4, 0.5) is 4.32 Å². The van der Waals surface area contributed by atoms with Crippen molar-refractivity contribution < 1.29 is 4.32 Å². The van der Waals surface area contributed by atoms with Crippen LogP contribution >= 0.6 is 0 Å². The van der Waals surface area contributed by atoms with Gasteiger partial charge in [0.15, 0.2) is 0 Å². The van der Waals surface area contributed by atoms with Crippen LogP contribution in [0.2, 0.25) is 0 Å². The number of hydrogen-bond acceptors (Lipinski definition) is 1. The first-order chi connectivity index (χ1) is 18.9. The van der Waals surface area contributed by atoms with Gasteiger partial charge in [-0.1, -0.05) is 107 Å². The molecule has 0 fully saturated rings. The van der Waals surface area contributed by atoms with E-state index in [2.05, 4.69) is 125 Å². The normalized spacial score (nSPS) is 14.1. The molecule has 0 spiro atoms. The zero-order valence-electron chi connectivity index (χ0n) is 22.7. The van der Waals surface area contributed by atoms with Crippen LogP contribution in [0.3, 0.4) is 0 Å². The quantitative estimate of drug-likeness (QED) is 0.212. The van der Waals surface area contributed by atoms with E-state index in [0.717, 1.165) is 61.4 Å². The van der Waals surface area contributed by atoms with Crippen molar-refractivity contribution in [1.82, 2.24) is 4.48 Å². The largest absolute Gasteiger partial charge is 0.495 e. The molecule has 1 aliphatic rings. The highest BCUT2D eigenvalue weighted by Crippen LogP contribution is 2.38. The van der Waals surface area contributed by atoms with Gasteiger partial charge in [-0.15, -0.1) is 0 Å². The standard InChI is InChI=1S/C35H29BFN2/c1-22-5-12-26(13-6-22)30-20-32(27-14-7-23(2)8-15-27)38-33(30)21-34-31-19-25(4)11-18-29(31)35(39(34)36-37)28-16-9-24(3)10-17-28/h5-21H,1-4H3/b33-21-. The van der Waals surface area contributed by atoms with Crippen molar-refractivity contribution in [2.75, 3.05) is 0 Å². The molecular weight excluding hydrogens is 478 g/mol. The minimum absolute atomic E-state index is 0.672. The summed E-state index contributed by atoms with van der Waals surface area (Å²) in [5, 5.41) is 2.00.